The number of likely N-dealkylation sites (tertiary alicyclic amines) is 2. The molecule has 8 nitrogen and oxygen atoms in total. The molecule has 1 aliphatic carbocycles. The molecule has 0 spiro atoms. The van der Waals surface area contributed by atoms with Gasteiger partial charge in [0, 0.05) is 37.3 Å². The van der Waals surface area contributed by atoms with E-state index in [1.165, 1.54) is 32.4 Å². The minimum atomic E-state index is -4.15. The van der Waals surface area contributed by atoms with Gasteiger partial charge in [-0.1, -0.05) is 12.5 Å². The minimum Gasteiger partial charge on any atom is -0.477 e. The third kappa shape index (κ3) is 6.22. The first-order valence-corrected chi connectivity index (χ1v) is 14.6. The number of alkyl halides is 3. The van der Waals surface area contributed by atoms with Gasteiger partial charge in [0.15, 0.2) is 0 Å². The molecule has 1 N–H and O–H groups in total. The molecule has 1 amide bonds. The van der Waals surface area contributed by atoms with Crippen molar-refractivity contribution in [1.29, 1.82) is 0 Å². The number of hydrogen-bond acceptors (Lipinski definition) is 7. The third-order valence-corrected chi connectivity index (χ3v) is 9.37. The van der Waals surface area contributed by atoms with Crippen molar-refractivity contribution in [1.82, 2.24) is 14.8 Å². The van der Waals surface area contributed by atoms with Crippen LogP contribution in [0.1, 0.15) is 55.8 Å². The molecule has 1 aromatic heterocycles. The molecule has 2 saturated heterocycles. The second kappa shape index (κ2) is 12.0. The van der Waals surface area contributed by atoms with E-state index in [2.05, 4.69) is 4.98 Å². The van der Waals surface area contributed by atoms with Crippen molar-refractivity contribution in [2.24, 2.45) is 11.3 Å². The molecule has 2 aromatic rings. The summed E-state index contributed by atoms with van der Waals surface area (Å²) >= 11 is 0. The quantitative estimate of drug-likeness (QED) is 0.339. The zero-order chi connectivity index (χ0) is 31.0. The Kier molecular flexibility index (Phi) is 8.72. The first-order chi connectivity index (χ1) is 20.3. The maximum absolute atomic E-state index is 15.1. The fourth-order valence-corrected chi connectivity index (χ4v) is 6.49. The second-order valence-corrected chi connectivity index (χ2v) is 12.3. The van der Waals surface area contributed by atoms with Crippen molar-refractivity contribution < 1.29 is 41.7 Å². The Morgan fingerprint density at radius 3 is 2.37 bits per heavy atom. The van der Waals surface area contributed by atoms with Crippen LogP contribution in [0.25, 0.3) is 11.1 Å². The Balaban J connectivity index is 1.15. The van der Waals surface area contributed by atoms with Gasteiger partial charge in [-0.2, -0.15) is 13.2 Å². The van der Waals surface area contributed by atoms with Gasteiger partial charge in [-0.15, -0.1) is 0 Å². The topological polar surface area (TPSA) is 92.2 Å². The average molecular weight is 608 g/mol. The Hall–Kier alpha value is -3.25. The van der Waals surface area contributed by atoms with E-state index in [9.17, 15) is 27.9 Å². The third-order valence-electron chi connectivity index (χ3n) is 9.37. The number of aromatic nitrogens is 1. The van der Waals surface area contributed by atoms with Crippen molar-refractivity contribution in [3.8, 4) is 17.0 Å². The van der Waals surface area contributed by atoms with E-state index in [4.69, 9.17) is 9.47 Å². The largest absolute Gasteiger partial charge is 0.477 e. The van der Waals surface area contributed by atoms with Gasteiger partial charge in [-0.05, 0) is 75.4 Å². The number of halogens is 4. The number of aliphatic hydroxyl groups excluding tert-OH is 1. The van der Waals surface area contributed by atoms with Gasteiger partial charge >= 0.3 is 12.1 Å². The number of benzene rings is 1. The van der Waals surface area contributed by atoms with E-state index < -0.39 is 40.9 Å². The van der Waals surface area contributed by atoms with E-state index >= 15 is 4.39 Å². The molecule has 1 aromatic carbocycles. The van der Waals surface area contributed by atoms with Crippen molar-refractivity contribution in [2.45, 2.75) is 63.3 Å². The molecule has 12 heteroatoms. The maximum atomic E-state index is 15.1. The lowest BCUT2D eigenvalue weighted by Gasteiger charge is -2.47. The average Bonchev–Trinajstić information content (AvgIpc) is 3.28. The monoisotopic (exact) mass is 607 g/mol. The molecule has 0 radical (unpaired) electrons. The number of amides is 1. The van der Waals surface area contributed by atoms with Gasteiger partial charge in [-0.3, -0.25) is 4.79 Å². The summed E-state index contributed by atoms with van der Waals surface area (Å²) in [6.07, 6.45) is -0.971. The highest BCUT2D eigenvalue weighted by Gasteiger charge is 2.58. The van der Waals surface area contributed by atoms with Crippen LogP contribution >= 0.6 is 0 Å². The minimum absolute atomic E-state index is 0.00696. The molecule has 43 heavy (non-hydrogen) atoms. The number of rotatable bonds is 8. The second-order valence-electron chi connectivity index (χ2n) is 12.3. The van der Waals surface area contributed by atoms with Crippen LogP contribution in [0.4, 0.5) is 17.6 Å². The standard InChI is InChI=1S/C31H37F4N3O5/c1-29(28(41)42-2)15-23(39)17-38(29)27(40)24-6-4-21(14-25(24)32)22-5-7-26(36-16-22)43-18-20-8-12-37(13-9-20)19-30(10-3-11-30)31(33,34)35/h4-7,14,16,20,23,39H,3,8-13,15,17-19H2,1-2H3/t23-,29+/m1/s1. The summed E-state index contributed by atoms with van der Waals surface area (Å²) in [4.78, 5) is 32.9. The van der Waals surface area contributed by atoms with Crippen molar-refractivity contribution in [2.75, 3.05) is 39.9 Å². The van der Waals surface area contributed by atoms with Crippen molar-refractivity contribution in [3.63, 3.8) is 0 Å². The van der Waals surface area contributed by atoms with Crippen LogP contribution in [0.2, 0.25) is 0 Å². The summed E-state index contributed by atoms with van der Waals surface area (Å²) in [5.74, 6) is -1.57. The first kappa shape index (κ1) is 31.2. The molecule has 3 heterocycles. The number of carbonyl (C=O) groups is 2. The zero-order valence-corrected chi connectivity index (χ0v) is 24.3. The summed E-state index contributed by atoms with van der Waals surface area (Å²) in [7, 11) is 1.19. The predicted octanol–water partition coefficient (Wildman–Crippen LogP) is 4.85. The number of pyridine rings is 1. The Morgan fingerprint density at radius 2 is 1.81 bits per heavy atom. The Bertz CT molecular complexity index is 1330. The fourth-order valence-electron chi connectivity index (χ4n) is 6.49. The molecule has 0 bridgehead atoms. The van der Waals surface area contributed by atoms with Crippen molar-refractivity contribution in [3.05, 3.63) is 47.9 Å². The number of esters is 1. The summed E-state index contributed by atoms with van der Waals surface area (Å²) in [5.41, 5.74) is -2.08. The fraction of sp³-hybridized carbons (Fsp3) is 0.581. The van der Waals surface area contributed by atoms with Crippen LogP contribution in [0.5, 0.6) is 5.88 Å². The normalized spacial score (nSPS) is 24.4. The van der Waals surface area contributed by atoms with Gasteiger partial charge in [0.25, 0.3) is 5.91 Å². The first-order valence-electron chi connectivity index (χ1n) is 14.6. The van der Waals surface area contributed by atoms with Crippen LogP contribution in [0.15, 0.2) is 36.5 Å². The summed E-state index contributed by atoms with van der Waals surface area (Å²) < 4.78 is 66.4. The highest BCUT2D eigenvalue weighted by atomic mass is 19.4. The molecular weight excluding hydrogens is 570 g/mol. The molecule has 3 fully saturated rings. The maximum Gasteiger partial charge on any atom is 0.395 e. The van der Waals surface area contributed by atoms with E-state index in [0.29, 0.717) is 43.1 Å². The number of ether oxygens (including phenoxy) is 2. The number of β-amino-alcohol motifs (C(OH)–C–C–N with tert-alkyl or cyclic N) is 1. The molecular formula is C31H37F4N3O5. The Labute approximate surface area is 248 Å². The molecule has 0 unspecified atom stereocenters. The number of methoxy groups -OCH3 is 1. The van der Waals surface area contributed by atoms with Crippen LogP contribution in [-0.4, -0.2) is 89.5 Å². The van der Waals surface area contributed by atoms with E-state index in [-0.39, 0.29) is 43.8 Å². The van der Waals surface area contributed by atoms with Gasteiger partial charge in [0.05, 0.1) is 30.8 Å². The number of carbonyl (C=O) groups excluding carboxylic acids is 2. The molecule has 5 rings (SSSR count). The van der Waals surface area contributed by atoms with E-state index in [0.717, 1.165) is 17.7 Å². The zero-order valence-electron chi connectivity index (χ0n) is 24.3. The molecule has 2 atom stereocenters. The number of nitrogens with zero attached hydrogens (tertiary/aromatic N) is 3. The molecule has 1 saturated carbocycles. The summed E-state index contributed by atoms with van der Waals surface area (Å²) in [6.45, 7) is 3.09. The van der Waals surface area contributed by atoms with Gasteiger partial charge in [-0.25, -0.2) is 14.2 Å². The van der Waals surface area contributed by atoms with Crippen LogP contribution in [0.3, 0.4) is 0 Å². The van der Waals surface area contributed by atoms with Gasteiger partial charge in [0.2, 0.25) is 5.88 Å². The highest BCUT2D eigenvalue weighted by Crippen LogP contribution is 2.53. The lowest BCUT2D eigenvalue weighted by atomic mass is 9.67. The predicted molar refractivity (Wildman–Crippen MR) is 149 cm³/mol. The summed E-state index contributed by atoms with van der Waals surface area (Å²) in [6, 6.07) is 7.52. The SMILES string of the molecule is COC(=O)[C@]1(C)C[C@@H](O)CN1C(=O)c1ccc(-c2ccc(OCC3CCN(CC4(C(F)(F)F)CCC4)CC3)nc2)cc1F. The van der Waals surface area contributed by atoms with E-state index in [1.807, 2.05) is 4.90 Å². The molecule has 2 aliphatic heterocycles. The number of hydrogen-bond donors (Lipinski definition) is 1. The van der Waals surface area contributed by atoms with E-state index in [1.54, 1.807) is 18.2 Å². The highest BCUT2D eigenvalue weighted by molar-refractivity contribution is 5.99. The van der Waals surface area contributed by atoms with Crippen LogP contribution < -0.4 is 4.74 Å². The number of aliphatic hydroxyl groups is 1. The number of piperidine rings is 1. The smallest absolute Gasteiger partial charge is 0.395 e. The summed E-state index contributed by atoms with van der Waals surface area (Å²) in [5, 5.41) is 10.1. The molecule has 3 aliphatic rings. The lowest BCUT2D eigenvalue weighted by Crippen LogP contribution is -2.53. The van der Waals surface area contributed by atoms with Crippen LogP contribution in [0, 0.1) is 17.2 Å². The van der Waals surface area contributed by atoms with Crippen LogP contribution in [-0.2, 0) is 9.53 Å². The van der Waals surface area contributed by atoms with Crippen molar-refractivity contribution >= 4 is 11.9 Å². The Morgan fingerprint density at radius 1 is 1.12 bits per heavy atom. The van der Waals surface area contributed by atoms with Gasteiger partial charge < -0.3 is 24.4 Å². The van der Waals surface area contributed by atoms with Gasteiger partial charge in [0.1, 0.15) is 11.4 Å². The lowest BCUT2D eigenvalue weighted by molar-refractivity contribution is -0.256. The molecule has 234 valence electrons.